The highest BCUT2D eigenvalue weighted by atomic mass is 16.3. The quantitative estimate of drug-likeness (QED) is 0.773. The molecule has 0 radical (unpaired) electrons. The monoisotopic (exact) mass is 213 g/mol. The van der Waals surface area contributed by atoms with Gasteiger partial charge in [0.15, 0.2) is 0 Å². The lowest BCUT2D eigenvalue weighted by Gasteiger charge is -2.23. The summed E-state index contributed by atoms with van der Waals surface area (Å²) >= 11 is 0. The van der Waals surface area contributed by atoms with Crippen LogP contribution in [0, 0.1) is 5.92 Å². The van der Waals surface area contributed by atoms with Gasteiger partial charge in [-0.1, -0.05) is 20.3 Å². The molecule has 1 aliphatic rings. The number of nitrogens with zero attached hydrogens (tertiary/aromatic N) is 1. The van der Waals surface area contributed by atoms with E-state index in [0.29, 0.717) is 18.9 Å². The Labute approximate surface area is 92.5 Å². The minimum absolute atomic E-state index is 0.221. The number of β-amino-alcohol motifs (C(OH)–C–C–N with tert-alkyl or cyclic N) is 1. The third kappa shape index (κ3) is 3.82. The number of hydrogen-bond acceptors (Lipinski definition) is 2. The molecular formula is C12H23NO2. The van der Waals surface area contributed by atoms with Gasteiger partial charge in [0.2, 0.25) is 5.91 Å². The van der Waals surface area contributed by atoms with Crippen molar-refractivity contribution < 1.29 is 9.90 Å². The molecule has 1 saturated heterocycles. The minimum Gasteiger partial charge on any atom is -0.391 e. The number of rotatable bonds is 4. The molecule has 2 unspecified atom stereocenters. The van der Waals surface area contributed by atoms with Crippen LogP contribution in [-0.4, -0.2) is 35.1 Å². The summed E-state index contributed by atoms with van der Waals surface area (Å²) in [4.78, 5) is 13.6. The van der Waals surface area contributed by atoms with Crippen molar-refractivity contribution in [3.05, 3.63) is 0 Å². The molecule has 1 rings (SSSR count). The van der Waals surface area contributed by atoms with Crippen LogP contribution in [0.25, 0.3) is 0 Å². The molecule has 1 fully saturated rings. The Kier molecular flexibility index (Phi) is 5.09. The molecule has 0 spiro atoms. The van der Waals surface area contributed by atoms with Crippen molar-refractivity contribution >= 4 is 5.91 Å². The van der Waals surface area contributed by atoms with Crippen LogP contribution in [0.3, 0.4) is 0 Å². The Hall–Kier alpha value is -0.570. The molecule has 1 aliphatic heterocycles. The number of hydrogen-bond donors (Lipinski definition) is 1. The summed E-state index contributed by atoms with van der Waals surface area (Å²) in [6.45, 7) is 5.48. The molecule has 0 aromatic heterocycles. The van der Waals surface area contributed by atoms with Crippen LogP contribution in [0.2, 0.25) is 0 Å². The first-order valence-corrected chi connectivity index (χ1v) is 6.13. The molecule has 2 atom stereocenters. The van der Waals surface area contributed by atoms with Crippen molar-refractivity contribution in [2.45, 2.75) is 52.1 Å². The third-order valence-corrected chi connectivity index (χ3v) is 3.41. The molecule has 3 heteroatoms. The first-order chi connectivity index (χ1) is 7.17. The van der Waals surface area contributed by atoms with Crippen molar-refractivity contribution in [2.24, 2.45) is 5.92 Å². The zero-order valence-corrected chi connectivity index (χ0v) is 9.91. The van der Waals surface area contributed by atoms with Gasteiger partial charge in [0.25, 0.3) is 0 Å². The Morgan fingerprint density at radius 2 is 2.20 bits per heavy atom. The number of aliphatic hydroxyl groups excluding tert-OH is 1. The maximum atomic E-state index is 11.7. The normalized spacial score (nSPS) is 25.1. The second-order valence-electron chi connectivity index (χ2n) is 4.50. The molecule has 0 bridgehead atoms. The Morgan fingerprint density at radius 3 is 2.80 bits per heavy atom. The summed E-state index contributed by atoms with van der Waals surface area (Å²) in [5.74, 6) is 0.913. The first kappa shape index (κ1) is 12.5. The second kappa shape index (κ2) is 6.11. The van der Waals surface area contributed by atoms with Gasteiger partial charge in [-0.15, -0.1) is 0 Å². The number of amides is 1. The van der Waals surface area contributed by atoms with Crippen molar-refractivity contribution in [1.82, 2.24) is 4.90 Å². The van der Waals surface area contributed by atoms with Crippen LogP contribution >= 0.6 is 0 Å². The summed E-state index contributed by atoms with van der Waals surface area (Å²) in [6.07, 6.45) is 4.31. The number of aliphatic hydroxyl groups is 1. The molecule has 0 saturated carbocycles. The molecule has 0 aromatic carbocycles. The van der Waals surface area contributed by atoms with Crippen LogP contribution in [0.15, 0.2) is 0 Å². The maximum Gasteiger partial charge on any atom is 0.222 e. The van der Waals surface area contributed by atoms with E-state index < -0.39 is 0 Å². The van der Waals surface area contributed by atoms with Gasteiger partial charge < -0.3 is 10.0 Å². The van der Waals surface area contributed by atoms with E-state index in [0.717, 1.165) is 32.2 Å². The fourth-order valence-corrected chi connectivity index (χ4v) is 2.08. The van der Waals surface area contributed by atoms with Gasteiger partial charge in [-0.05, 0) is 25.2 Å². The highest BCUT2D eigenvalue weighted by Gasteiger charge is 2.22. The summed E-state index contributed by atoms with van der Waals surface area (Å²) in [7, 11) is 0. The topological polar surface area (TPSA) is 40.5 Å². The third-order valence-electron chi connectivity index (χ3n) is 3.41. The maximum absolute atomic E-state index is 11.7. The SMILES string of the molecule is CCC(O)CN1CCC(CC)CCC1=O. The lowest BCUT2D eigenvalue weighted by atomic mass is 9.98. The van der Waals surface area contributed by atoms with Gasteiger partial charge >= 0.3 is 0 Å². The molecule has 1 amide bonds. The summed E-state index contributed by atoms with van der Waals surface area (Å²) in [6, 6.07) is 0. The largest absolute Gasteiger partial charge is 0.391 e. The molecule has 0 aromatic rings. The van der Waals surface area contributed by atoms with Crippen LogP contribution in [0.4, 0.5) is 0 Å². The average Bonchev–Trinajstić information content (AvgIpc) is 2.42. The molecule has 3 nitrogen and oxygen atoms in total. The predicted molar refractivity (Wildman–Crippen MR) is 60.5 cm³/mol. The summed E-state index contributed by atoms with van der Waals surface area (Å²) in [5.41, 5.74) is 0. The number of likely N-dealkylation sites (tertiary alicyclic amines) is 1. The summed E-state index contributed by atoms with van der Waals surface area (Å²) in [5, 5.41) is 9.55. The fourth-order valence-electron chi connectivity index (χ4n) is 2.08. The van der Waals surface area contributed by atoms with Crippen LogP contribution in [0.1, 0.15) is 46.0 Å². The zero-order chi connectivity index (χ0) is 11.3. The lowest BCUT2D eigenvalue weighted by Crippen LogP contribution is -2.36. The molecule has 0 aliphatic carbocycles. The van der Waals surface area contributed by atoms with E-state index in [-0.39, 0.29) is 12.0 Å². The first-order valence-electron chi connectivity index (χ1n) is 6.13. The second-order valence-corrected chi connectivity index (χ2v) is 4.50. The van der Waals surface area contributed by atoms with Gasteiger partial charge in [-0.25, -0.2) is 0 Å². The van der Waals surface area contributed by atoms with E-state index in [1.807, 2.05) is 11.8 Å². The van der Waals surface area contributed by atoms with Crippen LogP contribution in [0.5, 0.6) is 0 Å². The van der Waals surface area contributed by atoms with Crippen LogP contribution in [-0.2, 0) is 4.79 Å². The van der Waals surface area contributed by atoms with Crippen molar-refractivity contribution in [1.29, 1.82) is 0 Å². The number of carbonyl (C=O) groups is 1. The summed E-state index contributed by atoms with van der Waals surface area (Å²) < 4.78 is 0. The van der Waals surface area contributed by atoms with Crippen molar-refractivity contribution in [3.8, 4) is 0 Å². The van der Waals surface area contributed by atoms with E-state index in [9.17, 15) is 9.90 Å². The van der Waals surface area contributed by atoms with Gasteiger partial charge in [-0.3, -0.25) is 4.79 Å². The van der Waals surface area contributed by atoms with Gasteiger partial charge in [-0.2, -0.15) is 0 Å². The predicted octanol–water partition coefficient (Wildman–Crippen LogP) is 1.80. The highest BCUT2D eigenvalue weighted by molar-refractivity contribution is 5.76. The van der Waals surface area contributed by atoms with E-state index in [4.69, 9.17) is 0 Å². The molecule has 1 N–H and O–H groups in total. The Bertz CT molecular complexity index is 206. The molecule has 1 heterocycles. The molecular weight excluding hydrogens is 190 g/mol. The Balaban J connectivity index is 2.46. The van der Waals surface area contributed by atoms with Crippen molar-refractivity contribution in [2.75, 3.05) is 13.1 Å². The highest BCUT2D eigenvalue weighted by Crippen LogP contribution is 2.21. The average molecular weight is 213 g/mol. The smallest absolute Gasteiger partial charge is 0.222 e. The minimum atomic E-state index is -0.355. The lowest BCUT2D eigenvalue weighted by molar-refractivity contribution is -0.132. The fraction of sp³-hybridized carbons (Fsp3) is 0.917. The number of carbonyl (C=O) groups excluding carboxylic acids is 1. The molecule has 15 heavy (non-hydrogen) atoms. The van der Waals surface area contributed by atoms with E-state index >= 15 is 0 Å². The van der Waals surface area contributed by atoms with E-state index in [1.54, 1.807) is 0 Å². The van der Waals surface area contributed by atoms with Crippen molar-refractivity contribution in [3.63, 3.8) is 0 Å². The molecule has 88 valence electrons. The van der Waals surface area contributed by atoms with E-state index in [2.05, 4.69) is 6.92 Å². The van der Waals surface area contributed by atoms with Gasteiger partial charge in [0, 0.05) is 19.5 Å². The standard InChI is InChI=1S/C12H23NO2/c1-3-10-5-6-12(15)13(8-7-10)9-11(14)4-2/h10-11,14H,3-9H2,1-2H3. The van der Waals surface area contributed by atoms with E-state index in [1.165, 1.54) is 0 Å². The van der Waals surface area contributed by atoms with Gasteiger partial charge in [0.1, 0.15) is 0 Å². The zero-order valence-electron chi connectivity index (χ0n) is 9.91. The Morgan fingerprint density at radius 1 is 1.47 bits per heavy atom. The van der Waals surface area contributed by atoms with Gasteiger partial charge in [0.05, 0.1) is 6.10 Å². The van der Waals surface area contributed by atoms with Crippen LogP contribution < -0.4 is 0 Å².